The van der Waals surface area contributed by atoms with Crippen molar-refractivity contribution in [1.82, 2.24) is 10.3 Å². The monoisotopic (exact) mass is 338 g/mol. The number of aliphatic hydroxyl groups is 1. The molecular weight excluding hydrogens is 320 g/mol. The summed E-state index contributed by atoms with van der Waals surface area (Å²) in [5.41, 5.74) is 2.10. The van der Waals surface area contributed by atoms with Gasteiger partial charge in [0, 0.05) is 23.5 Å². The molecule has 25 heavy (non-hydrogen) atoms. The highest BCUT2D eigenvalue weighted by Gasteiger charge is 2.25. The van der Waals surface area contributed by atoms with E-state index in [9.17, 15) is 19.8 Å². The number of amides is 1. The van der Waals surface area contributed by atoms with E-state index in [4.69, 9.17) is 0 Å². The fraction of sp³-hybridized carbons (Fsp3) is 0.158. The van der Waals surface area contributed by atoms with Gasteiger partial charge in [0.05, 0.1) is 0 Å². The van der Waals surface area contributed by atoms with Crippen LogP contribution in [-0.4, -0.2) is 33.1 Å². The predicted octanol–water partition coefficient (Wildman–Crippen LogP) is 2.01. The fourth-order valence-electron chi connectivity index (χ4n) is 2.76. The third-order valence-corrected chi connectivity index (χ3v) is 4.08. The third kappa shape index (κ3) is 3.70. The van der Waals surface area contributed by atoms with Gasteiger partial charge in [0.2, 0.25) is 0 Å². The van der Waals surface area contributed by atoms with Gasteiger partial charge in [-0.3, -0.25) is 4.79 Å². The van der Waals surface area contributed by atoms with Gasteiger partial charge in [0.1, 0.15) is 6.04 Å². The molecule has 0 unspecified atom stereocenters. The second kappa shape index (κ2) is 7.19. The van der Waals surface area contributed by atoms with Crippen molar-refractivity contribution in [3.8, 4) is 0 Å². The molecule has 2 aromatic carbocycles. The maximum atomic E-state index is 12.2. The number of para-hydroxylation sites is 1. The lowest BCUT2D eigenvalue weighted by molar-refractivity contribution is -0.143. The summed E-state index contributed by atoms with van der Waals surface area (Å²) in [6, 6.07) is 14.8. The summed E-state index contributed by atoms with van der Waals surface area (Å²) >= 11 is 0. The summed E-state index contributed by atoms with van der Waals surface area (Å²) in [6.45, 7) is 0. The number of aromatic amines is 1. The molecule has 0 aliphatic carbocycles. The zero-order valence-electron chi connectivity index (χ0n) is 13.3. The molecule has 0 radical (unpaired) electrons. The zero-order chi connectivity index (χ0) is 17.8. The van der Waals surface area contributed by atoms with Crippen LogP contribution < -0.4 is 5.32 Å². The van der Waals surface area contributed by atoms with Gasteiger partial charge in [-0.15, -0.1) is 0 Å². The average molecular weight is 338 g/mol. The van der Waals surface area contributed by atoms with E-state index in [-0.39, 0.29) is 6.42 Å². The number of benzene rings is 2. The highest BCUT2D eigenvalue weighted by molar-refractivity contribution is 5.88. The molecule has 4 N–H and O–H groups in total. The second-order valence-corrected chi connectivity index (χ2v) is 5.78. The molecule has 0 aliphatic heterocycles. The Bertz CT molecular complexity index is 889. The third-order valence-electron chi connectivity index (χ3n) is 4.08. The van der Waals surface area contributed by atoms with Crippen LogP contribution in [0.4, 0.5) is 0 Å². The van der Waals surface area contributed by atoms with Crippen molar-refractivity contribution in [2.24, 2.45) is 0 Å². The van der Waals surface area contributed by atoms with E-state index in [0.29, 0.717) is 5.56 Å². The van der Waals surface area contributed by atoms with E-state index >= 15 is 0 Å². The van der Waals surface area contributed by atoms with Crippen molar-refractivity contribution in [2.75, 3.05) is 0 Å². The second-order valence-electron chi connectivity index (χ2n) is 5.78. The van der Waals surface area contributed by atoms with Crippen molar-refractivity contribution < 1.29 is 19.8 Å². The van der Waals surface area contributed by atoms with E-state index in [1.807, 2.05) is 24.3 Å². The van der Waals surface area contributed by atoms with E-state index in [2.05, 4.69) is 10.3 Å². The first kappa shape index (κ1) is 16.7. The van der Waals surface area contributed by atoms with Gasteiger partial charge < -0.3 is 20.5 Å². The zero-order valence-corrected chi connectivity index (χ0v) is 13.3. The van der Waals surface area contributed by atoms with Gasteiger partial charge in [-0.1, -0.05) is 48.5 Å². The molecule has 1 aromatic heterocycles. The minimum atomic E-state index is -1.41. The largest absolute Gasteiger partial charge is 0.480 e. The first-order chi connectivity index (χ1) is 12.1. The number of carboxylic acid groups (broad SMARTS) is 1. The molecule has 0 fully saturated rings. The molecule has 0 spiro atoms. The maximum Gasteiger partial charge on any atom is 0.326 e. The lowest BCUT2D eigenvalue weighted by Crippen LogP contribution is -2.44. The van der Waals surface area contributed by atoms with E-state index in [1.165, 1.54) is 0 Å². The number of rotatable bonds is 6. The Balaban J connectivity index is 1.75. The summed E-state index contributed by atoms with van der Waals surface area (Å²) < 4.78 is 0. The van der Waals surface area contributed by atoms with E-state index < -0.39 is 24.0 Å². The Labute approximate surface area is 144 Å². The highest BCUT2D eigenvalue weighted by atomic mass is 16.4. The van der Waals surface area contributed by atoms with Crippen molar-refractivity contribution in [2.45, 2.75) is 18.6 Å². The number of fused-ring (bicyclic) bond motifs is 1. The first-order valence-electron chi connectivity index (χ1n) is 7.87. The SMILES string of the molecule is O=C(N[C@H](Cc1c[nH]c2ccccc12)C(=O)O)[C@@H](O)c1ccccc1. The number of aliphatic hydroxyl groups excluding tert-OH is 1. The number of H-pyrrole nitrogens is 1. The minimum Gasteiger partial charge on any atom is -0.480 e. The van der Waals surface area contributed by atoms with Crippen molar-refractivity contribution in [3.63, 3.8) is 0 Å². The predicted molar refractivity (Wildman–Crippen MR) is 93.0 cm³/mol. The van der Waals surface area contributed by atoms with Crippen LogP contribution in [-0.2, 0) is 16.0 Å². The Morgan fingerprint density at radius 2 is 1.72 bits per heavy atom. The van der Waals surface area contributed by atoms with Crippen molar-refractivity contribution in [3.05, 3.63) is 71.9 Å². The van der Waals surface area contributed by atoms with Crippen LogP contribution in [0.1, 0.15) is 17.2 Å². The number of carbonyl (C=O) groups is 2. The Kier molecular flexibility index (Phi) is 4.81. The molecule has 2 atom stereocenters. The topological polar surface area (TPSA) is 102 Å². The Hall–Kier alpha value is -3.12. The molecule has 0 saturated heterocycles. The normalized spacial score (nSPS) is 13.3. The summed E-state index contributed by atoms with van der Waals surface area (Å²) in [5.74, 6) is -1.89. The van der Waals surface area contributed by atoms with Crippen molar-refractivity contribution in [1.29, 1.82) is 0 Å². The smallest absolute Gasteiger partial charge is 0.326 e. The summed E-state index contributed by atoms with van der Waals surface area (Å²) in [6.07, 6.45) is 0.443. The minimum absolute atomic E-state index is 0.118. The van der Waals surface area contributed by atoms with Gasteiger partial charge in [-0.25, -0.2) is 4.79 Å². The van der Waals surface area contributed by atoms with Gasteiger partial charge >= 0.3 is 5.97 Å². The number of hydrogen-bond acceptors (Lipinski definition) is 3. The number of nitrogens with one attached hydrogen (secondary N) is 2. The first-order valence-corrected chi connectivity index (χ1v) is 7.87. The highest BCUT2D eigenvalue weighted by Crippen LogP contribution is 2.19. The van der Waals surface area contributed by atoms with Gasteiger partial charge in [-0.05, 0) is 17.2 Å². The maximum absolute atomic E-state index is 12.2. The van der Waals surface area contributed by atoms with Gasteiger partial charge in [-0.2, -0.15) is 0 Å². The standard InChI is InChI=1S/C19H18N2O4/c22-17(12-6-2-1-3-7-12)18(23)21-16(19(24)25)10-13-11-20-15-9-5-4-8-14(13)15/h1-9,11,16-17,20,22H,10H2,(H,21,23)(H,24,25)/t16-,17+/m1/s1. The van der Waals surface area contributed by atoms with Crippen LogP contribution in [0, 0.1) is 0 Å². The molecule has 0 aliphatic rings. The van der Waals surface area contributed by atoms with Crippen LogP contribution in [0.5, 0.6) is 0 Å². The molecule has 6 nitrogen and oxygen atoms in total. The number of aromatic nitrogens is 1. The molecule has 6 heteroatoms. The summed E-state index contributed by atoms with van der Waals surface area (Å²) in [5, 5.41) is 22.9. The number of carbonyl (C=O) groups excluding carboxylic acids is 1. The molecule has 0 saturated carbocycles. The Morgan fingerprint density at radius 3 is 2.44 bits per heavy atom. The quantitative estimate of drug-likeness (QED) is 0.552. The fourth-order valence-corrected chi connectivity index (χ4v) is 2.76. The number of carboxylic acids is 1. The molecule has 1 amide bonds. The molecule has 0 bridgehead atoms. The van der Waals surface area contributed by atoms with E-state index in [0.717, 1.165) is 16.5 Å². The molecule has 3 aromatic rings. The van der Waals surface area contributed by atoms with Crippen LogP contribution in [0.15, 0.2) is 60.8 Å². The summed E-state index contributed by atoms with van der Waals surface area (Å²) in [7, 11) is 0. The lowest BCUT2D eigenvalue weighted by atomic mass is 10.0. The molecular formula is C19H18N2O4. The van der Waals surface area contributed by atoms with Crippen LogP contribution >= 0.6 is 0 Å². The molecule has 3 rings (SSSR count). The molecule has 128 valence electrons. The van der Waals surface area contributed by atoms with Gasteiger partial charge in [0.15, 0.2) is 6.10 Å². The summed E-state index contributed by atoms with van der Waals surface area (Å²) in [4.78, 5) is 26.8. The van der Waals surface area contributed by atoms with Crippen LogP contribution in [0.25, 0.3) is 10.9 Å². The Morgan fingerprint density at radius 1 is 1.04 bits per heavy atom. The number of aliphatic carboxylic acids is 1. The van der Waals surface area contributed by atoms with Gasteiger partial charge in [0.25, 0.3) is 5.91 Å². The number of hydrogen-bond donors (Lipinski definition) is 4. The van der Waals surface area contributed by atoms with Crippen LogP contribution in [0.3, 0.4) is 0 Å². The lowest BCUT2D eigenvalue weighted by Gasteiger charge is -2.17. The van der Waals surface area contributed by atoms with E-state index in [1.54, 1.807) is 36.5 Å². The van der Waals surface area contributed by atoms with Crippen molar-refractivity contribution >= 4 is 22.8 Å². The van der Waals surface area contributed by atoms with Crippen LogP contribution in [0.2, 0.25) is 0 Å². The molecule has 1 heterocycles. The average Bonchev–Trinajstić information content (AvgIpc) is 3.04.